The number of benzene rings is 3. The van der Waals surface area contributed by atoms with Crippen molar-refractivity contribution in [2.24, 2.45) is 15.3 Å². The summed E-state index contributed by atoms with van der Waals surface area (Å²) < 4.78 is 21.5. The summed E-state index contributed by atoms with van der Waals surface area (Å²) in [7, 11) is 3.98. The first kappa shape index (κ1) is 34.2. The largest absolute Gasteiger partial charge is 0.540 e. The number of hydrazone groups is 3. The summed E-state index contributed by atoms with van der Waals surface area (Å²) in [4.78, 5) is -2.65. The van der Waals surface area contributed by atoms with Gasteiger partial charge in [-0.3, -0.25) is 9.05 Å². The van der Waals surface area contributed by atoms with Gasteiger partial charge >= 0.3 is 14.1 Å². The summed E-state index contributed by atoms with van der Waals surface area (Å²) in [6, 6.07) is 22.2. The zero-order chi connectivity index (χ0) is 30.7. The van der Waals surface area contributed by atoms with Crippen LogP contribution in [0.5, 0.6) is 17.2 Å². The molecule has 0 aromatic heterocycles. The van der Waals surface area contributed by atoms with E-state index in [0.717, 1.165) is 22.4 Å². The fourth-order valence-corrected chi connectivity index (χ4v) is 5.23. The van der Waals surface area contributed by atoms with E-state index < -0.39 is 19.0 Å². The summed E-state index contributed by atoms with van der Waals surface area (Å²) in [6.45, 7) is 0. The van der Waals surface area contributed by atoms with Crippen LogP contribution in [0.1, 0.15) is 16.7 Å². The van der Waals surface area contributed by atoms with Gasteiger partial charge in [-0.1, -0.05) is 9.56 Å². The monoisotopic (exact) mass is 718 g/mol. The van der Waals surface area contributed by atoms with E-state index in [0.29, 0.717) is 11.5 Å². The van der Waals surface area contributed by atoms with E-state index in [2.05, 4.69) is 15.3 Å². The second kappa shape index (κ2) is 16.6. The summed E-state index contributed by atoms with van der Waals surface area (Å²) in [5.74, 6) is 2.04. The van der Waals surface area contributed by atoms with Gasteiger partial charge < -0.3 is 4.74 Å². The second-order valence-corrected chi connectivity index (χ2v) is 20.2. The molecule has 2 atom stereocenters. The van der Waals surface area contributed by atoms with E-state index >= 15 is 0 Å². The van der Waals surface area contributed by atoms with Crippen molar-refractivity contribution in [2.45, 2.75) is 0 Å². The Labute approximate surface area is 272 Å². The van der Waals surface area contributed by atoms with E-state index in [4.69, 9.17) is 71.7 Å². The Balaban J connectivity index is 1.48. The average molecular weight is 720 g/mol. The van der Waals surface area contributed by atoms with Gasteiger partial charge in [0, 0.05) is 7.05 Å². The van der Waals surface area contributed by atoms with Crippen molar-refractivity contribution in [3.05, 3.63) is 89.5 Å². The molecule has 0 aliphatic rings. The number of nitrogens with zero attached hydrogens (tertiary/aromatic N) is 6. The minimum Gasteiger partial charge on any atom is -0.497 e. The van der Waals surface area contributed by atoms with E-state index in [1.54, 1.807) is 68.6 Å². The highest BCUT2D eigenvalue weighted by Gasteiger charge is 2.21. The lowest BCUT2D eigenvalue weighted by Gasteiger charge is -2.15. The van der Waals surface area contributed by atoms with Crippen LogP contribution in [-0.2, 0) is 35.4 Å². The first-order chi connectivity index (χ1) is 19.9. The van der Waals surface area contributed by atoms with Gasteiger partial charge in [-0.2, -0.15) is 5.10 Å². The molecule has 0 spiro atoms. The third-order valence-corrected chi connectivity index (χ3v) is 11.7. The molecule has 0 aliphatic heterocycles. The Kier molecular flexibility index (Phi) is 13.5. The highest BCUT2D eigenvalue weighted by molar-refractivity contribution is 8.37. The van der Waals surface area contributed by atoms with Crippen LogP contribution in [0.15, 0.2) is 88.1 Å². The Morgan fingerprint density at radius 3 is 1.31 bits per heavy atom. The molecule has 17 heteroatoms. The number of hydrogen-bond acceptors (Lipinski definition) is 9. The number of methoxy groups -OCH3 is 1. The lowest BCUT2D eigenvalue weighted by Crippen LogP contribution is -2.04. The van der Waals surface area contributed by atoms with Crippen molar-refractivity contribution in [3.8, 4) is 17.2 Å². The standard InChI is InChI=1S/C25H27Cl2N6O3P3S3/c1-31(28-17-20-5-11-23(34-4)12-6-20)37(40)35-24-13-7-21(8-14-24)18-29-32(2)38(41)36-25-15-9-22(10-16-25)19-30-33(3)39(26,27)42/h5-19H,1-4H3/q+2. The van der Waals surface area contributed by atoms with Crippen LogP contribution in [0.3, 0.4) is 0 Å². The molecule has 0 bridgehead atoms. The van der Waals surface area contributed by atoms with E-state index in [1.165, 1.54) is 4.78 Å². The lowest BCUT2D eigenvalue weighted by molar-refractivity contribution is 0.415. The molecule has 0 fully saturated rings. The van der Waals surface area contributed by atoms with Crippen LogP contribution >= 0.6 is 41.5 Å². The molecule has 0 saturated carbocycles. The summed E-state index contributed by atoms with van der Waals surface area (Å²) in [5, 5.41) is 13.0. The van der Waals surface area contributed by atoms with Gasteiger partial charge in [-0.25, -0.2) is 4.78 Å². The minimum absolute atomic E-state index is 0.615. The Bertz CT molecular complexity index is 1510. The molecule has 0 radical (unpaired) electrons. The number of ether oxygens (including phenoxy) is 1. The van der Waals surface area contributed by atoms with Gasteiger partial charge in [-0.15, -0.1) is 10.2 Å². The van der Waals surface area contributed by atoms with Gasteiger partial charge in [0.25, 0.3) is 0 Å². The Hall–Kier alpha value is -2.26. The minimum atomic E-state index is -2.65. The number of hydrogen-bond donors (Lipinski definition) is 0. The summed E-state index contributed by atoms with van der Waals surface area (Å²) in [6.07, 6.45) is 5.03. The molecular formula is C25H27Cl2N6O3P3S3+2. The third kappa shape index (κ3) is 11.4. The zero-order valence-corrected chi connectivity index (χ0v) is 29.5. The molecule has 0 heterocycles. The SMILES string of the molecule is COc1ccc(C=NN(C)[P+](=S)Oc2ccc(C=NN(C)[P+](=S)Oc3ccc(C=NN(C)P(=S)(Cl)Cl)cc3)cc2)cc1. The van der Waals surface area contributed by atoms with E-state index in [-0.39, 0.29) is 0 Å². The van der Waals surface area contributed by atoms with Crippen LogP contribution in [-0.4, -0.2) is 61.2 Å². The maximum atomic E-state index is 5.94. The van der Waals surface area contributed by atoms with Crippen molar-refractivity contribution < 1.29 is 13.8 Å². The van der Waals surface area contributed by atoms with Crippen LogP contribution < -0.4 is 13.8 Å². The van der Waals surface area contributed by atoms with Gasteiger partial charge in [0.2, 0.25) is 28.5 Å². The fraction of sp³-hybridized carbons (Fsp3) is 0.160. The quantitative estimate of drug-likeness (QED) is 0.0940. The molecule has 220 valence electrons. The summed E-state index contributed by atoms with van der Waals surface area (Å²) in [5.41, 5.74) is 2.62. The molecule has 3 rings (SSSR count). The van der Waals surface area contributed by atoms with Crippen LogP contribution in [0.25, 0.3) is 0 Å². The predicted octanol–water partition coefficient (Wildman–Crippen LogP) is 7.90. The molecular weight excluding hydrogens is 692 g/mol. The molecule has 9 nitrogen and oxygen atoms in total. The molecule has 0 amide bonds. The predicted molar refractivity (Wildman–Crippen MR) is 188 cm³/mol. The zero-order valence-electron chi connectivity index (χ0n) is 22.9. The molecule has 3 aromatic carbocycles. The molecule has 0 saturated heterocycles. The summed E-state index contributed by atoms with van der Waals surface area (Å²) >= 11 is 27.9. The molecule has 2 unspecified atom stereocenters. The Morgan fingerprint density at radius 2 is 0.976 bits per heavy atom. The normalized spacial score (nSPS) is 12.4. The van der Waals surface area contributed by atoms with Crippen molar-refractivity contribution in [2.75, 3.05) is 28.3 Å². The number of halogens is 2. The fourth-order valence-electron chi connectivity index (χ4n) is 2.81. The Morgan fingerprint density at radius 1 is 0.643 bits per heavy atom. The van der Waals surface area contributed by atoms with Crippen molar-refractivity contribution >= 4 is 95.6 Å². The molecule has 42 heavy (non-hydrogen) atoms. The van der Waals surface area contributed by atoms with Gasteiger partial charge in [-0.05, 0) is 124 Å². The smallest absolute Gasteiger partial charge is 0.497 e. The van der Waals surface area contributed by atoms with E-state index in [9.17, 15) is 0 Å². The second-order valence-electron chi connectivity index (χ2n) is 8.21. The van der Waals surface area contributed by atoms with Gasteiger partial charge in [0.1, 0.15) is 5.75 Å². The van der Waals surface area contributed by atoms with Crippen molar-refractivity contribution in [3.63, 3.8) is 0 Å². The third-order valence-electron chi connectivity index (χ3n) is 5.17. The van der Waals surface area contributed by atoms with E-state index in [1.807, 2.05) is 60.7 Å². The molecule has 3 aromatic rings. The molecule has 0 aliphatic carbocycles. The van der Waals surface area contributed by atoms with Crippen molar-refractivity contribution in [1.82, 2.24) is 14.3 Å². The van der Waals surface area contributed by atoms with Crippen LogP contribution in [0.4, 0.5) is 0 Å². The first-order valence-electron chi connectivity index (χ1n) is 11.9. The maximum absolute atomic E-state index is 5.94. The molecule has 0 N–H and O–H groups in total. The lowest BCUT2D eigenvalue weighted by atomic mass is 10.2. The highest BCUT2D eigenvalue weighted by atomic mass is 35.9. The van der Waals surface area contributed by atoms with Crippen molar-refractivity contribution in [1.29, 1.82) is 0 Å². The first-order valence-corrected chi connectivity index (χ1v) is 20.9. The van der Waals surface area contributed by atoms with Crippen LogP contribution in [0.2, 0.25) is 0 Å². The number of rotatable bonds is 14. The maximum Gasteiger partial charge on any atom is 0.540 e. The average Bonchev–Trinajstić information content (AvgIpc) is 2.98. The highest BCUT2D eigenvalue weighted by Crippen LogP contribution is 2.59. The van der Waals surface area contributed by atoms with Gasteiger partial charge in [0.05, 0.1) is 39.8 Å². The topological polar surface area (TPSA) is 74.5 Å². The van der Waals surface area contributed by atoms with Gasteiger partial charge in [0.15, 0.2) is 11.5 Å². The van der Waals surface area contributed by atoms with Crippen LogP contribution in [0, 0.1) is 0 Å².